The third kappa shape index (κ3) is 1.80. The van der Waals surface area contributed by atoms with Gasteiger partial charge in [0.1, 0.15) is 0 Å². The molecule has 0 radical (unpaired) electrons. The zero-order valence-electron chi connectivity index (χ0n) is 10.8. The number of esters is 2. The highest BCUT2D eigenvalue weighted by Gasteiger charge is 2.56. The predicted octanol–water partition coefficient (Wildman–Crippen LogP) is -0.598. The van der Waals surface area contributed by atoms with Gasteiger partial charge in [-0.15, -0.1) is 0 Å². The molecule has 1 N–H and O–H groups in total. The lowest BCUT2D eigenvalue weighted by atomic mass is 9.80. The molecule has 0 amide bonds. The molecule has 102 valence electrons. The maximum absolute atomic E-state index is 11.8. The van der Waals surface area contributed by atoms with E-state index in [4.69, 9.17) is 9.47 Å². The number of carbonyl (C=O) groups is 2. The Morgan fingerprint density at radius 1 is 1.06 bits per heavy atom. The minimum Gasteiger partial charge on any atom is -0.469 e. The largest absolute Gasteiger partial charge is 0.469 e. The lowest BCUT2D eigenvalue weighted by Gasteiger charge is -2.43. The Hall–Kier alpha value is -1.14. The van der Waals surface area contributed by atoms with Crippen LogP contribution in [0.5, 0.6) is 0 Å². The van der Waals surface area contributed by atoms with Gasteiger partial charge in [-0.25, -0.2) is 0 Å². The van der Waals surface area contributed by atoms with E-state index in [1.165, 1.54) is 14.2 Å². The van der Waals surface area contributed by atoms with Gasteiger partial charge >= 0.3 is 11.9 Å². The van der Waals surface area contributed by atoms with Gasteiger partial charge < -0.3 is 14.6 Å². The Labute approximate surface area is 106 Å². The zero-order chi connectivity index (χ0) is 13.4. The van der Waals surface area contributed by atoms with E-state index in [2.05, 4.69) is 0 Å². The molecule has 2 aliphatic rings. The van der Waals surface area contributed by atoms with Crippen LogP contribution in [0.3, 0.4) is 0 Å². The van der Waals surface area contributed by atoms with Gasteiger partial charge in [0, 0.05) is 12.1 Å². The van der Waals surface area contributed by atoms with Gasteiger partial charge in [0.15, 0.2) is 0 Å². The van der Waals surface area contributed by atoms with Crippen molar-refractivity contribution in [2.45, 2.75) is 31.0 Å². The highest BCUT2D eigenvalue weighted by atomic mass is 16.5. The third-order valence-corrected chi connectivity index (χ3v) is 4.32. The Bertz CT molecular complexity index is 326. The van der Waals surface area contributed by atoms with Crippen LogP contribution in [0.15, 0.2) is 0 Å². The number of aliphatic hydroxyl groups excluding tert-OH is 1. The second-order valence-corrected chi connectivity index (χ2v) is 4.97. The molecular formula is C12H19NO5. The highest BCUT2D eigenvalue weighted by Crippen LogP contribution is 2.42. The average molecular weight is 257 g/mol. The summed E-state index contributed by atoms with van der Waals surface area (Å²) in [6.07, 6.45) is 0.537. The minimum atomic E-state index is -1.03. The van der Waals surface area contributed by atoms with Gasteiger partial charge in [-0.2, -0.15) is 0 Å². The van der Waals surface area contributed by atoms with E-state index in [0.29, 0.717) is 0 Å². The van der Waals surface area contributed by atoms with E-state index in [1.54, 1.807) is 0 Å². The first kappa shape index (κ1) is 13.3. The number of nitrogens with zero attached hydrogens (tertiary/aromatic N) is 1. The van der Waals surface area contributed by atoms with Gasteiger partial charge in [-0.3, -0.25) is 14.5 Å². The molecule has 2 bridgehead atoms. The maximum atomic E-state index is 11.8. The van der Waals surface area contributed by atoms with Crippen LogP contribution in [0.4, 0.5) is 0 Å². The van der Waals surface area contributed by atoms with Crippen molar-refractivity contribution in [1.82, 2.24) is 4.90 Å². The number of hydrogen-bond donors (Lipinski definition) is 1. The molecule has 0 aliphatic carbocycles. The molecule has 0 spiro atoms. The number of methoxy groups -OCH3 is 2. The number of carbonyl (C=O) groups excluding carboxylic acids is 2. The number of ether oxygens (including phenoxy) is 2. The van der Waals surface area contributed by atoms with Gasteiger partial charge in [0.2, 0.25) is 0 Å². The van der Waals surface area contributed by atoms with Crippen molar-refractivity contribution >= 4 is 11.9 Å². The Morgan fingerprint density at radius 3 is 1.78 bits per heavy atom. The van der Waals surface area contributed by atoms with Crippen LogP contribution in [0.25, 0.3) is 0 Å². The van der Waals surface area contributed by atoms with Crippen molar-refractivity contribution in [2.24, 2.45) is 11.8 Å². The van der Waals surface area contributed by atoms with Crippen LogP contribution in [0.1, 0.15) is 12.8 Å². The SMILES string of the molecule is COC(=O)C1C(O)C(C(=O)OC)C2CCC1N2C. The van der Waals surface area contributed by atoms with Crippen LogP contribution in [-0.2, 0) is 19.1 Å². The summed E-state index contributed by atoms with van der Waals surface area (Å²) in [6, 6.07) is -0.114. The summed E-state index contributed by atoms with van der Waals surface area (Å²) < 4.78 is 9.49. The summed E-state index contributed by atoms with van der Waals surface area (Å²) in [7, 11) is 4.46. The second kappa shape index (κ2) is 4.85. The van der Waals surface area contributed by atoms with Crippen LogP contribution < -0.4 is 0 Å². The number of fused-ring (bicyclic) bond motifs is 2. The van der Waals surface area contributed by atoms with Gasteiger partial charge in [0.25, 0.3) is 0 Å². The number of hydrogen-bond acceptors (Lipinski definition) is 6. The predicted molar refractivity (Wildman–Crippen MR) is 61.6 cm³/mol. The molecule has 2 heterocycles. The molecular weight excluding hydrogens is 238 g/mol. The molecule has 18 heavy (non-hydrogen) atoms. The lowest BCUT2D eigenvalue weighted by molar-refractivity contribution is -0.170. The first-order valence-electron chi connectivity index (χ1n) is 6.08. The molecule has 0 aromatic heterocycles. The molecule has 6 nitrogen and oxygen atoms in total. The molecule has 0 aromatic rings. The van der Waals surface area contributed by atoms with E-state index in [1.807, 2.05) is 11.9 Å². The van der Waals surface area contributed by atoms with Crippen molar-refractivity contribution < 1.29 is 24.2 Å². The smallest absolute Gasteiger partial charge is 0.312 e. The summed E-state index contributed by atoms with van der Waals surface area (Å²) in [4.78, 5) is 25.6. The highest BCUT2D eigenvalue weighted by molar-refractivity contribution is 5.79. The van der Waals surface area contributed by atoms with Crippen molar-refractivity contribution in [2.75, 3.05) is 21.3 Å². The van der Waals surface area contributed by atoms with Crippen molar-refractivity contribution in [1.29, 1.82) is 0 Å². The summed E-state index contributed by atoms with van der Waals surface area (Å²) >= 11 is 0. The molecule has 0 aromatic carbocycles. The fraction of sp³-hybridized carbons (Fsp3) is 0.833. The lowest BCUT2D eigenvalue weighted by Crippen LogP contribution is -2.59. The summed E-state index contributed by atoms with van der Waals surface area (Å²) in [6.45, 7) is 0. The molecule has 2 saturated heterocycles. The standard InChI is InChI=1S/C12H19NO5/c1-13-6-4-5-7(13)9(12(16)18-3)10(14)8(6)11(15)17-2/h6-10,14H,4-5H2,1-3H3. The molecule has 4 unspecified atom stereocenters. The summed E-state index contributed by atoms with van der Waals surface area (Å²) in [5, 5.41) is 10.3. The molecule has 2 aliphatic heterocycles. The first-order valence-corrected chi connectivity index (χ1v) is 6.08. The van der Waals surface area contributed by atoms with Crippen molar-refractivity contribution in [3.05, 3.63) is 0 Å². The Kier molecular flexibility index (Phi) is 3.59. The molecule has 6 heteroatoms. The third-order valence-electron chi connectivity index (χ3n) is 4.32. The molecule has 0 saturated carbocycles. The normalized spacial score (nSPS) is 39.4. The van der Waals surface area contributed by atoms with E-state index < -0.39 is 29.9 Å². The van der Waals surface area contributed by atoms with Crippen LogP contribution in [0, 0.1) is 11.8 Å². The van der Waals surface area contributed by atoms with Crippen LogP contribution in [-0.4, -0.2) is 61.4 Å². The monoisotopic (exact) mass is 257 g/mol. The van der Waals surface area contributed by atoms with Crippen molar-refractivity contribution in [3.8, 4) is 0 Å². The molecule has 2 rings (SSSR count). The molecule has 2 fully saturated rings. The van der Waals surface area contributed by atoms with E-state index in [-0.39, 0.29) is 12.1 Å². The average Bonchev–Trinajstić information content (AvgIpc) is 2.64. The van der Waals surface area contributed by atoms with Crippen LogP contribution >= 0.6 is 0 Å². The topological polar surface area (TPSA) is 76.1 Å². The first-order chi connectivity index (χ1) is 8.52. The molecule has 4 atom stereocenters. The van der Waals surface area contributed by atoms with Crippen LogP contribution in [0.2, 0.25) is 0 Å². The Morgan fingerprint density at radius 2 is 1.44 bits per heavy atom. The van der Waals surface area contributed by atoms with Crippen molar-refractivity contribution in [3.63, 3.8) is 0 Å². The van der Waals surface area contributed by atoms with E-state index in [0.717, 1.165) is 12.8 Å². The van der Waals surface area contributed by atoms with E-state index >= 15 is 0 Å². The number of aliphatic hydroxyl groups is 1. The maximum Gasteiger partial charge on any atom is 0.312 e. The quantitative estimate of drug-likeness (QED) is 0.666. The fourth-order valence-electron chi connectivity index (χ4n) is 3.40. The second-order valence-electron chi connectivity index (χ2n) is 4.97. The number of rotatable bonds is 2. The minimum absolute atomic E-state index is 0.0571. The van der Waals surface area contributed by atoms with Gasteiger partial charge in [-0.1, -0.05) is 0 Å². The number of piperidine rings is 1. The fourth-order valence-corrected chi connectivity index (χ4v) is 3.40. The Balaban J connectivity index is 2.32. The van der Waals surface area contributed by atoms with Gasteiger partial charge in [-0.05, 0) is 19.9 Å². The van der Waals surface area contributed by atoms with Gasteiger partial charge in [0.05, 0.1) is 32.2 Å². The summed E-state index contributed by atoms with van der Waals surface area (Å²) in [5.41, 5.74) is 0. The summed E-state index contributed by atoms with van der Waals surface area (Å²) in [5.74, 6) is -2.28. The van der Waals surface area contributed by atoms with E-state index in [9.17, 15) is 14.7 Å². The zero-order valence-corrected chi connectivity index (χ0v) is 10.8.